The van der Waals surface area contributed by atoms with Gasteiger partial charge in [0.15, 0.2) is 0 Å². The molecule has 114 valence electrons. The summed E-state index contributed by atoms with van der Waals surface area (Å²) < 4.78 is 38.2. The summed E-state index contributed by atoms with van der Waals surface area (Å²) in [5.41, 5.74) is -0.0668. The van der Waals surface area contributed by atoms with Crippen LogP contribution in [-0.4, -0.2) is 35.3 Å². The second kappa shape index (κ2) is 4.91. The zero-order chi connectivity index (χ0) is 15.3. The van der Waals surface area contributed by atoms with Crippen molar-refractivity contribution in [1.29, 1.82) is 0 Å². The third kappa shape index (κ3) is 2.76. The summed E-state index contributed by atoms with van der Waals surface area (Å²) in [5.74, 6) is -0.432. The zero-order valence-electron chi connectivity index (χ0n) is 11.4. The third-order valence-corrected chi connectivity index (χ3v) is 4.67. The average molecular weight is 316 g/mol. The van der Waals surface area contributed by atoms with Crippen LogP contribution < -0.4 is 5.32 Å². The molecule has 1 aromatic rings. The maximum absolute atomic E-state index is 12.7. The topological polar surface area (TPSA) is 32.3 Å². The van der Waals surface area contributed by atoms with E-state index in [0.717, 1.165) is 9.80 Å². The fraction of sp³-hybridized carbons (Fsp3) is 0.500. The Hall–Kier alpha value is -1.21. The highest BCUT2D eigenvalue weighted by atomic mass is 32.2. The number of hydrogen-bond acceptors (Lipinski definition) is 3. The average Bonchev–Trinajstić information content (AvgIpc) is 3.17. The Morgan fingerprint density at radius 1 is 1.33 bits per heavy atom. The lowest BCUT2D eigenvalue weighted by molar-refractivity contribution is -0.162. The molecule has 3 nitrogen and oxygen atoms in total. The molecule has 1 amide bonds. The molecule has 2 fully saturated rings. The number of rotatable bonds is 3. The van der Waals surface area contributed by atoms with Crippen LogP contribution in [0.15, 0.2) is 29.2 Å². The smallest absolute Gasteiger partial charge is 0.312 e. The van der Waals surface area contributed by atoms with Crippen LogP contribution >= 0.6 is 11.8 Å². The maximum Gasteiger partial charge on any atom is 0.406 e. The van der Waals surface area contributed by atoms with Gasteiger partial charge in [-0.25, -0.2) is 0 Å². The molecule has 1 atom stereocenters. The normalized spacial score (nSPS) is 23.9. The molecule has 0 radical (unpaired) electrons. The third-order valence-electron chi connectivity index (χ3n) is 3.93. The lowest BCUT2D eigenvalue weighted by Gasteiger charge is -2.25. The Morgan fingerprint density at radius 3 is 2.43 bits per heavy atom. The predicted molar refractivity (Wildman–Crippen MR) is 73.8 cm³/mol. The van der Waals surface area contributed by atoms with Crippen LogP contribution in [0.25, 0.3) is 0 Å². The predicted octanol–water partition coefficient (Wildman–Crippen LogP) is 2.93. The lowest BCUT2D eigenvalue weighted by atomic mass is 10.1. The van der Waals surface area contributed by atoms with Crippen LogP contribution in [0.4, 0.5) is 13.2 Å². The molecule has 1 spiro atoms. The van der Waals surface area contributed by atoms with E-state index in [2.05, 4.69) is 5.32 Å². The minimum Gasteiger partial charge on any atom is -0.312 e. The molecule has 1 aliphatic heterocycles. The fourth-order valence-electron chi connectivity index (χ4n) is 2.68. The number of alkyl halides is 3. The van der Waals surface area contributed by atoms with Gasteiger partial charge in [0.25, 0.3) is 0 Å². The highest BCUT2D eigenvalue weighted by molar-refractivity contribution is 7.98. The lowest BCUT2D eigenvalue weighted by Crippen LogP contribution is -2.39. The molecule has 7 heteroatoms. The molecule has 1 N–H and O–H groups in total. The molecular weight excluding hydrogens is 301 g/mol. The van der Waals surface area contributed by atoms with E-state index in [0.29, 0.717) is 18.4 Å². The largest absolute Gasteiger partial charge is 0.406 e. The van der Waals surface area contributed by atoms with Crippen molar-refractivity contribution in [2.45, 2.75) is 35.6 Å². The molecule has 1 heterocycles. The summed E-state index contributed by atoms with van der Waals surface area (Å²) in [6.45, 7) is -1.21. The molecular formula is C14H15F3N2OS. The number of benzene rings is 1. The summed E-state index contributed by atoms with van der Waals surface area (Å²) >= 11 is 1.56. The number of hydrogen-bond donors (Lipinski definition) is 1. The van der Waals surface area contributed by atoms with Crippen LogP contribution in [-0.2, 0) is 4.79 Å². The summed E-state index contributed by atoms with van der Waals surface area (Å²) in [6, 6.07) is 7.27. The van der Waals surface area contributed by atoms with Gasteiger partial charge in [-0.05, 0) is 36.8 Å². The number of carbonyl (C=O) groups is 1. The van der Waals surface area contributed by atoms with E-state index in [4.69, 9.17) is 0 Å². The molecule has 2 aliphatic rings. The van der Waals surface area contributed by atoms with Gasteiger partial charge in [0.1, 0.15) is 18.2 Å². The van der Waals surface area contributed by atoms with Gasteiger partial charge in [-0.3, -0.25) is 10.1 Å². The summed E-state index contributed by atoms with van der Waals surface area (Å²) in [4.78, 5) is 14.2. The van der Waals surface area contributed by atoms with Crippen molar-refractivity contribution in [2.75, 3.05) is 12.8 Å². The van der Waals surface area contributed by atoms with Gasteiger partial charge >= 0.3 is 6.18 Å². The number of carbonyl (C=O) groups excluding carboxylic acids is 1. The number of nitrogens with zero attached hydrogens (tertiary/aromatic N) is 1. The molecule has 1 saturated heterocycles. The molecule has 1 saturated carbocycles. The molecule has 1 aliphatic carbocycles. The van der Waals surface area contributed by atoms with E-state index in [1.165, 1.54) is 0 Å². The van der Waals surface area contributed by atoms with Crippen LogP contribution in [0.3, 0.4) is 0 Å². The van der Waals surface area contributed by atoms with E-state index in [9.17, 15) is 18.0 Å². The van der Waals surface area contributed by atoms with Crippen molar-refractivity contribution in [3.05, 3.63) is 29.8 Å². The van der Waals surface area contributed by atoms with Crippen molar-refractivity contribution < 1.29 is 18.0 Å². The van der Waals surface area contributed by atoms with Gasteiger partial charge in [-0.1, -0.05) is 12.1 Å². The molecule has 0 bridgehead atoms. The Morgan fingerprint density at radius 2 is 1.95 bits per heavy atom. The van der Waals surface area contributed by atoms with Gasteiger partial charge < -0.3 is 4.90 Å². The second-order valence-corrected chi connectivity index (χ2v) is 6.33. The Balaban J connectivity index is 1.88. The van der Waals surface area contributed by atoms with Gasteiger partial charge in [0.2, 0.25) is 5.91 Å². The van der Waals surface area contributed by atoms with Crippen LogP contribution in [0.5, 0.6) is 0 Å². The number of thioether (sulfide) groups is 1. The number of halogens is 3. The highest BCUT2D eigenvalue weighted by Crippen LogP contribution is 2.46. The fourth-order valence-corrected chi connectivity index (χ4v) is 3.09. The Bertz CT molecular complexity index is 554. The molecule has 1 aromatic carbocycles. The SMILES string of the molecule is CSc1ccc(C2NC3(CC3)C(=O)N2CC(F)(F)F)cc1. The van der Waals surface area contributed by atoms with E-state index in [1.54, 1.807) is 23.9 Å². The summed E-state index contributed by atoms with van der Waals surface area (Å²) in [6.07, 6.45) is -1.94. The minimum atomic E-state index is -4.39. The van der Waals surface area contributed by atoms with E-state index < -0.39 is 30.3 Å². The second-order valence-electron chi connectivity index (χ2n) is 5.45. The Kier molecular flexibility index (Phi) is 3.44. The maximum atomic E-state index is 12.7. The number of nitrogens with one attached hydrogen (secondary N) is 1. The molecule has 1 unspecified atom stereocenters. The van der Waals surface area contributed by atoms with Crippen molar-refractivity contribution >= 4 is 17.7 Å². The molecule has 0 aromatic heterocycles. The van der Waals surface area contributed by atoms with Crippen molar-refractivity contribution in [1.82, 2.24) is 10.2 Å². The van der Waals surface area contributed by atoms with Gasteiger partial charge in [-0.2, -0.15) is 13.2 Å². The summed E-state index contributed by atoms with van der Waals surface area (Å²) in [7, 11) is 0. The van der Waals surface area contributed by atoms with Crippen molar-refractivity contribution in [2.24, 2.45) is 0 Å². The Labute approximate surface area is 124 Å². The van der Waals surface area contributed by atoms with Gasteiger partial charge in [0, 0.05) is 4.90 Å². The first-order chi connectivity index (χ1) is 9.85. The first-order valence-corrected chi connectivity index (χ1v) is 7.87. The van der Waals surface area contributed by atoms with Gasteiger partial charge in [0.05, 0.1) is 0 Å². The van der Waals surface area contributed by atoms with Gasteiger partial charge in [-0.15, -0.1) is 11.8 Å². The first kappa shape index (κ1) is 14.7. The van der Waals surface area contributed by atoms with E-state index in [1.807, 2.05) is 18.4 Å². The van der Waals surface area contributed by atoms with Crippen LogP contribution in [0.1, 0.15) is 24.6 Å². The highest BCUT2D eigenvalue weighted by Gasteiger charge is 2.60. The zero-order valence-corrected chi connectivity index (χ0v) is 12.2. The first-order valence-electron chi connectivity index (χ1n) is 6.64. The van der Waals surface area contributed by atoms with Crippen LogP contribution in [0.2, 0.25) is 0 Å². The van der Waals surface area contributed by atoms with Crippen molar-refractivity contribution in [3.8, 4) is 0 Å². The summed E-state index contributed by atoms with van der Waals surface area (Å²) in [5, 5.41) is 3.09. The standard InChI is InChI=1S/C14H15F3N2OS/c1-21-10-4-2-9(3-5-10)11-18-13(6-7-13)12(20)19(11)8-14(15,16)17/h2-5,11,18H,6-8H2,1H3. The monoisotopic (exact) mass is 316 g/mol. The molecule has 21 heavy (non-hydrogen) atoms. The minimum absolute atomic E-state index is 0.432. The quantitative estimate of drug-likeness (QED) is 0.870. The van der Waals surface area contributed by atoms with Crippen LogP contribution in [0, 0.1) is 0 Å². The molecule has 3 rings (SSSR count). The van der Waals surface area contributed by atoms with E-state index in [-0.39, 0.29) is 0 Å². The van der Waals surface area contributed by atoms with E-state index >= 15 is 0 Å². The number of amides is 1. The van der Waals surface area contributed by atoms with Crippen molar-refractivity contribution in [3.63, 3.8) is 0 Å².